The molecule has 0 spiro atoms. The van der Waals surface area contributed by atoms with E-state index in [0.29, 0.717) is 30.1 Å². The second-order valence-corrected chi connectivity index (χ2v) is 6.64. The van der Waals surface area contributed by atoms with Gasteiger partial charge in [-0.05, 0) is 30.0 Å². The Labute approximate surface area is 145 Å². The van der Waals surface area contributed by atoms with Gasteiger partial charge < -0.3 is 9.15 Å². The molecule has 0 aliphatic carbocycles. The number of nitrogens with zero attached hydrogens (tertiary/aromatic N) is 4. The van der Waals surface area contributed by atoms with Crippen LogP contribution in [0.25, 0.3) is 28.1 Å². The van der Waals surface area contributed by atoms with E-state index in [2.05, 4.69) is 35.8 Å². The van der Waals surface area contributed by atoms with Gasteiger partial charge in [-0.15, -0.1) is 5.10 Å². The van der Waals surface area contributed by atoms with Crippen LogP contribution in [-0.2, 0) is 0 Å². The standard InChI is InChI=1S/C19H20N4O2/c1-12(2)13(3)11-24-19-5-4-18-21-10-15(23(18)22-19)17-8-14-9-20-7-6-16(14)25-17/h4-10,12-13H,11H2,1-3H3/t13-/m1/s1. The summed E-state index contributed by atoms with van der Waals surface area (Å²) in [4.78, 5) is 8.52. The number of ether oxygens (including phenoxy) is 1. The molecule has 4 aromatic heterocycles. The Hall–Kier alpha value is -2.89. The number of pyridine rings is 1. The van der Waals surface area contributed by atoms with Crippen LogP contribution in [0.4, 0.5) is 0 Å². The maximum Gasteiger partial charge on any atom is 0.231 e. The minimum Gasteiger partial charge on any atom is -0.476 e. The number of rotatable bonds is 5. The predicted molar refractivity (Wildman–Crippen MR) is 95.5 cm³/mol. The molecule has 0 aliphatic heterocycles. The monoisotopic (exact) mass is 336 g/mol. The molecular weight excluding hydrogens is 316 g/mol. The number of imidazole rings is 1. The molecular formula is C19H20N4O2. The van der Waals surface area contributed by atoms with Crippen molar-refractivity contribution in [1.29, 1.82) is 0 Å². The Morgan fingerprint density at radius 3 is 2.84 bits per heavy atom. The second kappa shape index (κ2) is 6.20. The average Bonchev–Trinajstić information content (AvgIpc) is 3.22. The summed E-state index contributed by atoms with van der Waals surface area (Å²) in [6, 6.07) is 7.54. The molecule has 128 valence electrons. The number of hydrogen-bond donors (Lipinski definition) is 0. The summed E-state index contributed by atoms with van der Waals surface area (Å²) in [7, 11) is 0. The lowest BCUT2D eigenvalue weighted by Gasteiger charge is -2.15. The van der Waals surface area contributed by atoms with E-state index in [1.54, 1.807) is 23.1 Å². The molecule has 4 aromatic rings. The van der Waals surface area contributed by atoms with E-state index in [4.69, 9.17) is 9.15 Å². The fourth-order valence-electron chi connectivity index (χ4n) is 2.52. The van der Waals surface area contributed by atoms with Crippen LogP contribution in [-0.4, -0.2) is 26.2 Å². The quantitative estimate of drug-likeness (QED) is 0.546. The third-order valence-electron chi connectivity index (χ3n) is 4.54. The Morgan fingerprint density at radius 1 is 1.16 bits per heavy atom. The van der Waals surface area contributed by atoms with Gasteiger partial charge in [0, 0.05) is 23.8 Å². The zero-order valence-electron chi connectivity index (χ0n) is 14.5. The fourth-order valence-corrected chi connectivity index (χ4v) is 2.52. The molecule has 0 bridgehead atoms. The lowest BCUT2D eigenvalue weighted by atomic mass is 9.99. The Balaban J connectivity index is 1.68. The molecule has 0 N–H and O–H groups in total. The molecule has 6 heteroatoms. The van der Waals surface area contributed by atoms with Crippen LogP contribution in [0, 0.1) is 11.8 Å². The number of furan rings is 1. The van der Waals surface area contributed by atoms with Crippen LogP contribution < -0.4 is 4.74 Å². The summed E-state index contributed by atoms with van der Waals surface area (Å²) in [6.45, 7) is 7.19. The van der Waals surface area contributed by atoms with Gasteiger partial charge in [-0.3, -0.25) is 4.98 Å². The van der Waals surface area contributed by atoms with Crippen LogP contribution in [0.5, 0.6) is 5.88 Å². The minimum absolute atomic E-state index is 0.461. The zero-order chi connectivity index (χ0) is 17.4. The topological polar surface area (TPSA) is 65.5 Å². The van der Waals surface area contributed by atoms with Crippen molar-refractivity contribution in [2.45, 2.75) is 20.8 Å². The van der Waals surface area contributed by atoms with Gasteiger partial charge in [0.05, 0.1) is 12.8 Å². The molecule has 4 rings (SSSR count). The highest BCUT2D eigenvalue weighted by Gasteiger charge is 2.14. The minimum atomic E-state index is 0.461. The van der Waals surface area contributed by atoms with Crippen LogP contribution >= 0.6 is 0 Å². The molecule has 0 unspecified atom stereocenters. The van der Waals surface area contributed by atoms with E-state index >= 15 is 0 Å². The van der Waals surface area contributed by atoms with E-state index in [0.717, 1.165) is 22.3 Å². The number of aromatic nitrogens is 4. The SMILES string of the molecule is CC(C)[C@H](C)COc1ccc2ncc(-c3cc4cnccc4o3)n2n1. The molecule has 0 saturated heterocycles. The van der Waals surface area contributed by atoms with E-state index in [1.165, 1.54) is 0 Å². The van der Waals surface area contributed by atoms with Crippen molar-refractivity contribution in [3.8, 4) is 17.3 Å². The molecule has 0 aliphatic rings. The van der Waals surface area contributed by atoms with Gasteiger partial charge in [-0.2, -0.15) is 0 Å². The first-order valence-electron chi connectivity index (χ1n) is 8.43. The third-order valence-corrected chi connectivity index (χ3v) is 4.54. The van der Waals surface area contributed by atoms with Crippen molar-refractivity contribution in [3.05, 3.63) is 42.9 Å². The first kappa shape index (κ1) is 15.6. The van der Waals surface area contributed by atoms with E-state index in [-0.39, 0.29) is 0 Å². The summed E-state index contributed by atoms with van der Waals surface area (Å²) in [6.07, 6.45) is 5.25. The molecule has 0 aromatic carbocycles. The van der Waals surface area contributed by atoms with E-state index in [1.807, 2.05) is 24.3 Å². The van der Waals surface area contributed by atoms with Crippen LogP contribution in [0.2, 0.25) is 0 Å². The molecule has 6 nitrogen and oxygen atoms in total. The fraction of sp³-hybridized carbons (Fsp3) is 0.316. The lowest BCUT2D eigenvalue weighted by Crippen LogP contribution is -2.15. The predicted octanol–water partition coefficient (Wildman–Crippen LogP) is 4.21. The first-order chi connectivity index (χ1) is 12.1. The van der Waals surface area contributed by atoms with Crippen LogP contribution in [0.3, 0.4) is 0 Å². The van der Waals surface area contributed by atoms with Crippen molar-refractivity contribution in [1.82, 2.24) is 19.6 Å². The van der Waals surface area contributed by atoms with Crippen molar-refractivity contribution < 1.29 is 9.15 Å². The Morgan fingerprint density at radius 2 is 2.04 bits per heavy atom. The van der Waals surface area contributed by atoms with Crippen molar-refractivity contribution >= 4 is 16.6 Å². The highest BCUT2D eigenvalue weighted by Crippen LogP contribution is 2.28. The van der Waals surface area contributed by atoms with Crippen molar-refractivity contribution in [2.75, 3.05) is 6.61 Å². The summed E-state index contributed by atoms with van der Waals surface area (Å²) >= 11 is 0. The second-order valence-electron chi connectivity index (χ2n) is 6.64. The molecule has 25 heavy (non-hydrogen) atoms. The molecule has 0 fully saturated rings. The van der Waals surface area contributed by atoms with Gasteiger partial charge in [0.25, 0.3) is 0 Å². The van der Waals surface area contributed by atoms with Crippen molar-refractivity contribution in [2.24, 2.45) is 11.8 Å². The molecule has 0 radical (unpaired) electrons. The third kappa shape index (κ3) is 2.95. The van der Waals surface area contributed by atoms with Gasteiger partial charge in [-0.1, -0.05) is 20.8 Å². The van der Waals surface area contributed by atoms with Gasteiger partial charge >= 0.3 is 0 Å². The first-order valence-corrected chi connectivity index (χ1v) is 8.43. The highest BCUT2D eigenvalue weighted by atomic mass is 16.5. The molecule has 0 saturated carbocycles. The summed E-state index contributed by atoms with van der Waals surface area (Å²) in [5.74, 6) is 2.31. The van der Waals surface area contributed by atoms with E-state index in [9.17, 15) is 0 Å². The highest BCUT2D eigenvalue weighted by molar-refractivity contribution is 5.81. The maximum atomic E-state index is 5.91. The molecule has 4 heterocycles. The number of hydrogen-bond acceptors (Lipinski definition) is 5. The summed E-state index contributed by atoms with van der Waals surface area (Å²) in [5.41, 5.74) is 2.32. The largest absolute Gasteiger partial charge is 0.476 e. The van der Waals surface area contributed by atoms with E-state index < -0.39 is 0 Å². The Bertz CT molecular complexity index is 986. The zero-order valence-corrected chi connectivity index (χ0v) is 14.5. The Kier molecular flexibility index (Phi) is 3.87. The molecule has 0 amide bonds. The van der Waals surface area contributed by atoms with Crippen molar-refractivity contribution in [3.63, 3.8) is 0 Å². The maximum absolute atomic E-state index is 5.91. The summed E-state index contributed by atoms with van der Waals surface area (Å²) in [5, 5.41) is 5.52. The van der Waals surface area contributed by atoms with Gasteiger partial charge in [-0.25, -0.2) is 9.50 Å². The normalized spacial score (nSPS) is 13.0. The smallest absolute Gasteiger partial charge is 0.231 e. The van der Waals surface area contributed by atoms with Gasteiger partial charge in [0.1, 0.15) is 11.3 Å². The summed E-state index contributed by atoms with van der Waals surface area (Å²) < 4.78 is 13.5. The average molecular weight is 336 g/mol. The molecule has 1 atom stereocenters. The van der Waals surface area contributed by atoms with Gasteiger partial charge in [0.2, 0.25) is 5.88 Å². The van der Waals surface area contributed by atoms with Crippen LogP contribution in [0.1, 0.15) is 20.8 Å². The van der Waals surface area contributed by atoms with Gasteiger partial charge in [0.15, 0.2) is 11.4 Å². The number of fused-ring (bicyclic) bond motifs is 2. The lowest BCUT2D eigenvalue weighted by molar-refractivity contribution is 0.214. The van der Waals surface area contributed by atoms with Crippen LogP contribution in [0.15, 0.2) is 47.3 Å².